The van der Waals surface area contributed by atoms with E-state index in [9.17, 15) is 4.79 Å². The van der Waals surface area contributed by atoms with Crippen molar-refractivity contribution in [2.24, 2.45) is 11.7 Å². The van der Waals surface area contributed by atoms with Gasteiger partial charge in [-0.3, -0.25) is 4.79 Å². The van der Waals surface area contributed by atoms with Gasteiger partial charge in [0.05, 0.1) is 12.0 Å². The first kappa shape index (κ1) is 15.7. The van der Waals surface area contributed by atoms with Crippen LogP contribution in [0.4, 0.5) is 0 Å². The maximum atomic E-state index is 11.9. The minimum atomic E-state index is -1.46. The third-order valence-electron chi connectivity index (χ3n) is 2.93. The molecular weight excluding hydrogens is 230 g/mol. The van der Waals surface area contributed by atoms with Gasteiger partial charge in [0, 0.05) is 6.54 Å². The molecule has 0 aromatic carbocycles. The van der Waals surface area contributed by atoms with Crippen molar-refractivity contribution < 1.29 is 14.8 Å². The quantitative estimate of drug-likeness (QED) is 0.584. The number of hydrogen-bond donors (Lipinski definition) is 3. The number of amides is 1. The van der Waals surface area contributed by atoms with Crippen LogP contribution in [0.5, 0.6) is 0 Å². The van der Waals surface area contributed by atoms with E-state index in [1.165, 1.54) is 4.90 Å². The summed E-state index contributed by atoms with van der Waals surface area (Å²) in [5.41, 5.74) is 5.75. The molecule has 1 saturated heterocycles. The van der Waals surface area contributed by atoms with Gasteiger partial charge in [-0.1, -0.05) is 13.8 Å². The lowest BCUT2D eigenvalue weighted by Gasteiger charge is -2.28. The van der Waals surface area contributed by atoms with Crippen molar-refractivity contribution in [3.63, 3.8) is 0 Å². The van der Waals surface area contributed by atoms with Crippen molar-refractivity contribution in [2.75, 3.05) is 6.54 Å². The molecule has 1 fully saturated rings. The number of carbonyl (C=O) groups is 1. The summed E-state index contributed by atoms with van der Waals surface area (Å²) in [6, 6.07) is -0.552. The molecule has 7 heteroatoms. The van der Waals surface area contributed by atoms with E-state index < -0.39 is 19.1 Å². The Kier molecular flexibility index (Phi) is 6.32. The molecule has 0 bridgehead atoms. The first-order valence-electron chi connectivity index (χ1n) is 5.37. The molecular formula is C9H20BClN2O3. The highest BCUT2D eigenvalue weighted by molar-refractivity contribution is 6.43. The van der Waals surface area contributed by atoms with E-state index in [1.807, 2.05) is 13.8 Å². The van der Waals surface area contributed by atoms with Crippen LogP contribution in [0.25, 0.3) is 0 Å². The third kappa shape index (κ3) is 3.35. The molecule has 94 valence electrons. The van der Waals surface area contributed by atoms with Crippen molar-refractivity contribution in [2.45, 2.75) is 38.7 Å². The largest absolute Gasteiger partial charge is 0.475 e. The highest BCUT2D eigenvalue weighted by atomic mass is 35.5. The van der Waals surface area contributed by atoms with Gasteiger partial charge in [0.2, 0.25) is 5.91 Å². The number of likely N-dealkylation sites (tertiary alicyclic amines) is 1. The van der Waals surface area contributed by atoms with Gasteiger partial charge in [-0.15, -0.1) is 12.4 Å². The van der Waals surface area contributed by atoms with E-state index in [4.69, 9.17) is 15.8 Å². The van der Waals surface area contributed by atoms with Gasteiger partial charge in [-0.2, -0.15) is 0 Å². The highest BCUT2D eigenvalue weighted by Crippen LogP contribution is 2.19. The molecule has 0 aromatic heterocycles. The molecule has 1 rings (SSSR count). The normalized spacial score (nSPS) is 21.9. The van der Waals surface area contributed by atoms with E-state index >= 15 is 0 Å². The van der Waals surface area contributed by atoms with Gasteiger partial charge in [0.25, 0.3) is 0 Å². The lowest BCUT2D eigenvalue weighted by atomic mass is 9.77. The van der Waals surface area contributed by atoms with Crippen molar-refractivity contribution in [3.05, 3.63) is 0 Å². The molecule has 1 aliphatic heterocycles. The Balaban J connectivity index is 0.00000225. The van der Waals surface area contributed by atoms with E-state index in [0.29, 0.717) is 13.0 Å². The monoisotopic (exact) mass is 250 g/mol. The number of rotatable bonds is 3. The summed E-state index contributed by atoms with van der Waals surface area (Å²) in [6.45, 7) is 4.33. The van der Waals surface area contributed by atoms with Gasteiger partial charge in [0.1, 0.15) is 0 Å². The zero-order valence-corrected chi connectivity index (χ0v) is 10.5. The van der Waals surface area contributed by atoms with Gasteiger partial charge in [-0.05, 0) is 18.8 Å². The van der Waals surface area contributed by atoms with Gasteiger partial charge in [0.15, 0.2) is 0 Å². The Morgan fingerprint density at radius 2 is 2.06 bits per heavy atom. The summed E-state index contributed by atoms with van der Waals surface area (Å²) in [5.74, 6) is -0.600. The lowest BCUT2D eigenvalue weighted by molar-refractivity contribution is -0.133. The molecule has 0 radical (unpaired) electrons. The first-order chi connectivity index (χ1) is 6.95. The second-order valence-corrected chi connectivity index (χ2v) is 4.42. The van der Waals surface area contributed by atoms with Crippen molar-refractivity contribution in [3.8, 4) is 0 Å². The van der Waals surface area contributed by atoms with E-state index in [0.717, 1.165) is 6.42 Å². The number of hydrogen-bond acceptors (Lipinski definition) is 4. The number of carbonyl (C=O) groups excluding carboxylic acids is 1. The fraction of sp³-hybridized carbons (Fsp3) is 0.889. The highest BCUT2D eigenvalue weighted by Gasteiger charge is 2.38. The summed E-state index contributed by atoms with van der Waals surface area (Å²) in [5, 5.41) is 18.2. The first-order valence-corrected chi connectivity index (χ1v) is 5.37. The zero-order valence-electron chi connectivity index (χ0n) is 9.67. The molecule has 2 atom stereocenters. The second-order valence-electron chi connectivity index (χ2n) is 4.42. The predicted octanol–water partition coefficient (Wildman–Crippen LogP) is -0.606. The average molecular weight is 251 g/mol. The Hall–Kier alpha value is -0.295. The summed E-state index contributed by atoms with van der Waals surface area (Å²) in [4.78, 5) is 13.4. The predicted molar refractivity (Wildman–Crippen MR) is 65.0 cm³/mol. The number of halogens is 1. The van der Waals surface area contributed by atoms with Crippen LogP contribution in [0.2, 0.25) is 0 Å². The molecule has 0 aromatic rings. The average Bonchev–Trinajstić information content (AvgIpc) is 2.63. The van der Waals surface area contributed by atoms with Crippen LogP contribution in [0, 0.1) is 5.92 Å². The van der Waals surface area contributed by atoms with Crippen LogP contribution in [0.15, 0.2) is 0 Å². The molecule has 1 heterocycles. The van der Waals surface area contributed by atoms with Gasteiger partial charge >= 0.3 is 7.12 Å². The minimum absolute atomic E-state index is 0. The van der Waals surface area contributed by atoms with Crippen molar-refractivity contribution in [1.29, 1.82) is 0 Å². The van der Waals surface area contributed by atoms with Gasteiger partial charge < -0.3 is 20.7 Å². The summed E-state index contributed by atoms with van der Waals surface area (Å²) in [6.07, 6.45) is 1.44. The Morgan fingerprint density at radius 3 is 2.50 bits per heavy atom. The summed E-state index contributed by atoms with van der Waals surface area (Å²) >= 11 is 0. The molecule has 5 nitrogen and oxygen atoms in total. The SMILES string of the molecule is CC(C)[C@H](N)C(=O)N1CCC[C@H]1B(O)O.Cl. The molecule has 0 aliphatic carbocycles. The second kappa shape index (κ2) is 6.44. The molecule has 1 amide bonds. The van der Waals surface area contributed by atoms with E-state index in [-0.39, 0.29) is 24.2 Å². The summed E-state index contributed by atoms with van der Waals surface area (Å²) < 4.78 is 0. The van der Waals surface area contributed by atoms with Crippen LogP contribution in [-0.2, 0) is 4.79 Å². The molecule has 1 aliphatic rings. The molecule has 16 heavy (non-hydrogen) atoms. The van der Waals surface area contributed by atoms with Crippen LogP contribution in [-0.4, -0.2) is 46.5 Å². The van der Waals surface area contributed by atoms with Crippen LogP contribution < -0.4 is 5.73 Å². The van der Waals surface area contributed by atoms with Crippen LogP contribution in [0.1, 0.15) is 26.7 Å². The van der Waals surface area contributed by atoms with Gasteiger partial charge in [-0.25, -0.2) is 0 Å². The van der Waals surface area contributed by atoms with Crippen LogP contribution in [0.3, 0.4) is 0 Å². The van der Waals surface area contributed by atoms with Crippen LogP contribution >= 0.6 is 12.4 Å². The molecule has 0 unspecified atom stereocenters. The topological polar surface area (TPSA) is 86.8 Å². The third-order valence-corrected chi connectivity index (χ3v) is 2.93. The maximum absolute atomic E-state index is 11.9. The Morgan fingerprint density at radius 1 is 1.50 bits per heavy atom. The molecule has 0 saturated carbocycles. The smallest absolute Gasteiger partial charge is 0.426 e. The number of nitrogens with two attached hydrogens (primary N) is 1. The van der Waals surface area contributed by atoms with E-state index in [2.05, 4.69) is 0 Å². The van der Waals surface area contributed by atoms with E-state index in [1.54, 1.807) is 0 Å². The Bertz CT molecular complexity index is 241. The fourth-order valence-electron chi connectivity index (χ4n) is 1.85. The molecule has 0 spiro atoms. The van der Waals surface area contributed by atoms with Crippen molar-refractivity contribution in [1.82, 2.24) is 4.90 Å². The minimum Gasteiger partial charge on any atom is -0.426 e. The van der Waals surface area contributed by atoms with Crippen molar-refractivity contribution >= 4 is 25.4 Å². The standard InChI is InChI=1S/C9H19BN2O3.ClH/c1-6(2)8(11)9(13)12-5-3-4-7(12)10(14)15;/h6-8,14-15H,3-5,11H2,1-2H3;1H/t7-,8-;/m0./s1. The lowest BCUT2D eigenvalue weighted by Crippen LogP contribution is -2.52. The fourth-order valence-corrected chi connectivity index (χ4v) is 1.85. The summed E-state index contributed by atoms with van der Waals surface area (Å²) in [7, 11) is -1.46. The Labute approximate surface area is 103 Å². The number of nitrogens with zero attached hydrogens (tertiary/aromatic N) is 1. The molecule has 4 N–H and O–H groups in total. The zero-order chi connectivity index (χ0) is 11.6. The maximum Gasteiger partial charge on any atom is 0.475 e.